The third-order valence-corrected chi connectivity index (χ3v) is 2.74. The normalized spacial score (nSPS) is 9.82. The predicted octanol–water partition coefficient (Wildman–Crippen LogP) is 2.87. The second-order valence-electron chi connectivity index (χ2n) is 4.19. The number of ether oxygens (including phenoxy) is 1. The summed E-state index contributed by atoms with van der Waals surface area (Å²) in [6.45, 7) is 1.55. The van der Waals surface area contributed by atoms with Crippen LogP contribution in [0.3, 0.4) is 0 Å². The largest absolute Gasteiger partial charge is 0.439 e. The first kappa shape index (κ1) is 14.9. The fourth-order valence-electron chi connectivity index (χ4n) is 1.74. The molecule has 2 aromatic rings. The molecular weight excluding hydrogens is 292 g/mol. The lowest BCUT2D eigenvalue weighted by Gasteiger charge is -2.06. The van der Waals surface area contributed by atoms with Crippen molar-refractivity contribution >= 4 is 11.4 Å². The molecule has 0 atom stereocenters. The zero-order chi connectivity index (χ0) is 16.3. The Morgan fingerprint density at radius 1 is 1.14 bits per heavy atom. The van der Waals surface area contributed by atoms with Crippen molar-refractivity contribution in [2.45, 2.75) is 6.92 Å². The van der Waals surface area contributed by atoms with Crippen molar-refractivity contribution in [1.29, 1.82) is 5.26 Å². The van der Waals surface area contributed by atoms with E-state index in [-0.39, 0.29) is 23.0 Å². The molecule has 0 radical (unpaired) electrons. The fraction of sp³-hybridized carbons (Fsp3) is 0.0769. The Hall–Kier alpha value is -3.54. The van der Waals surface area contributed by atoms with Gasteiger partial charge in [0.15, 0.2) is 0 Å². The Bertz CT molecular complexity index is 813. The number of nitro groups is 2. The second kappa shape index (κ2) is 5.84. The van der Waals surface area contributed by atoms with E-state index in [1.165, 1.54) is 24.3 Å². The number of nitrogens with zero attached hydrogens (tertiary/aromatic N) is 4. The lowest BCUT2D eigenvalue weighted by molar-refractivity contribution is -0.385. The van der Waals surface area contributed by atoms with E-state index in [1.54, 1.807) is 13.0 Å². The summed E-state index contributed by atoms with van der Waals surface area (Å²) in [5.41, 5.74) is -0.456. The summed E-state index contributed by atoms with van der Waals surface area (Å²) in [6.07, 6.45) is 0. The van der Waals surface area contributed by atoms with Gasteiger partial charge in [-0.15, -0.1) is 0 Å². The SMILES string of the molecule is Cc1cc(Oc2ccc([N+](=O)[O-])c(C#N)n2)ccc1[N+](=O)[O-]. The molecule has 0 fully saturated rings. The Balaban J connectivity index is 2.32. The molecule has 9 nitrogen and oxygen atoms in total. The summed E-state index contributed by atoms with van der Waals surface area (Å²) < 4.78 is 5.36. The standard InChI is InChI=1S/C13H8N4O5/c1-8-6-9(2-3-11(8)16(18)19)22-13-5-4-12(17(20)21)10(7-14)15-13/h2-6H,1H3. The molecule has 9 heteroatoms. The maximum Gasteiger partial charge on any atom is 0.305 e. The molecule has 0 aliphatic rings. The lowest BCUT2D eigenvalue weighted by Crippen LogP contribution is -1.97. The molecule has 0 spiro atoms. The Morgan fingerprint density at radius 2 is 1.77 bits per heavy atom. The van der Waals surface area contributed by atoms with Crippen LogP contribution in [0.5, 0.6) is 11.6 Å². The number of nitro benzene ring substituents is 1. The van der Waals surface area contributed by atoms with E-state index in [0.717, 1.165) is 6.07 Å². The van der Waals surface area contributed by atoms with Crippen molar-refractivity contribution in [1.82, 2.24) is 4.98 Å². The zero-order valence-electron chi connectivity index (χ0n) is 11.2. The van der Waals surface area contributed by atoms with E-state index < -0.39 is 15.5 Å². The topological polar surface area (TPSA) is 132 Å². The van der Waals surface area contributed by atoms with Gasteiger partial charge in [0.05, 0.1) is 9.85 Å². The zero-order valence-corrected chi connectivity index (χ0v) is 11.2. The van der Waals surface area contributed by atoms with Gasteiger partial charge in [0.25, 0.3) is 5.69 Å². The van der Waals surface area contributed by atoms with Crippen molar-refractivity contribution in [3.63, 3.8) is 0 Å². The average Bonchev–Trinajstić information content (AvgIpc) is 2.46. The molecule has 0 aliphatic carbocycles. The van der Waals surface area contributed by atoms with Crippen LogP contribution in [0, 0.1) is 38.5 Å². The van der Waals surface area contributed by atoms with Gasteiger partial charge in [0.1, 0.15) is 11.8 Å². The van der Waals surface area contributed by atoms with E-state index in [0.29, 0.717) is 5.56 Å². The van der Waals surface area contributed by atoms with Gasteiger partial charge in [-0.3, -0.25) is 20.2 Å². The number of benzene rings is 1. The molecule has 22 heavy (non-hydrogen) atoms. The minimum atomic E-state index is -0.717. The van der Waals surface area contributed by atoms with E-state index in [1.807, 2.05) is 0 Å². The van der Waals surface area contributed by atoms with Crippen LogP contribution in [0.2, 0.25) is 0 Å². The quantitative estimate of drug-likeness (QED) is 0.626. The fourth-order valence-corrected chi connectivity index (χ4v) is 1.74. The van der Waals surface area contributed by atoms with Gasteiger partial charge >= 0.3 is 5.69 Å². The lowest BCUT2D eigenvalue weighted by atomic mass is 10.2. The molecule has 0 bridgehead atoms. The number of aromatic nitrogens is 1. The number of nitriles is 1. The first-order valence-electron chi connectivity index (χ1n) is 5.91. The molecule has 0 amide bonds. The molecular formula is C13H8N4O5. The Morgan fingerprint density at radius 3 is 2.32 bits per heavy atom. The monoisotopic (exact) mass is 300 g/mol. The molecule has 110 valence electrons. The predicted molar refractivity (Wildman–Crippen MR) is 73.5 cm³/mol. The summed E-state index contributed by atoms with van der Waals surface area (Å²) in [5.74, 6) is 0.253. The van der Waals surface area contributed by atoms with Gasteiger partial charge in [-0.2, -0.15) is 10.2 Å². The molecule has 0 N–H and O–H groups in total. The highest BCUT2D eigenvalue weighted by Crippen LogP contribution is 2.27. The van der Waals surface area contributed by atoms with Crippen molar-refractivity contribution in [2.75, 3.05) is 0 Å². The smallest absolute Gasteiger partial charge is 0.305 e. The first-order chi connectivity index (χ1) is 10.4. The number of aryl methyl sites for hydroxylation is 1. The van der Waals surface area contributed by atoms with Crippen LogP contribution in [-0.2, 0) is 0 Å². The highest BCUT2D eigenvalue weighted by molar-refractivity contribution is 5.47. The van der Waals surface area contributed by atoms with E-state index >= 15 is 0 Å². The minimum Gasteiger partial charge on any atom is -0.439 e. The highest BCUT2D eigenvalue weighted by Gasteiger charge is 2.17. The van der Waals surface area contributed by atoms with Crippen molar-refractivity contribution in [2.24, 2.45) is 0 Å². The van der Waals surface area contributed by atoms with Gasteiger partial charge in [-0.1, -0.05) is 0 Å². The highest BCUT2D eigenvalue weighted by atomic mass is 16.6. The summed E-state index contributed by atoms with van der Waals surface area (Å²) in [5, 5.41) is 30.3. The molecule has 0 saturated carbocycles. The van der Waals surface area contributed by atoms with Gasteiger partial charge in [-0.05, 0) is 19.1 Å². The molecule has 1 aromatic heterocycles. The van der Waals surface area contributed by atoms with Crippen LogP contribution >= 0.6 is 0 Å². The summed E-state index contributed by atoms with van der Waals surface area (Å²) >= 11 is 0. The molecule has 0 aliphatic heterocycles. The summed E-state index contributed by atoms with van der Waals surface area (Å²) in [7, 11) is 0. The second-order valence-corrected chi connectivity index (χ2v) is 4.19. The van der Waals surface area contributed by atoms with Gasteiger partial charge in [-0.25, -0.2) is 0 Å². The molecule has 1 heterocycles. The first-order valence-corrected chi connectivity index (χ1v) is 5.91. The summed E-state index contributed by atoms with van der Waals surface area (Å²) in [4.78, 5) is 23.9. The minimum absolute atomic E-state index is 0.0181. The third kappa shape index (κ3) is 2.96. The van der Waals surface area contributed by atoms with E-state index in [9.17, 15) is 20.2 Å². The number of hydrogen-bond donors (Lipinski definition) is 0. The molecule has 2 rings (SSSR count). The van der Waals surface area contributed by atoms with Crippen molar-refractivity contribution in [3.8, 4) is 17.7 Å². The Kier molecular flexibility index (Phi) is 3.94. The van der Waals surface area contributed by atoms with Crippen LogP contribution in [-0.4, -0.2) is 14.8 Å². The van der Waals surface area contributed by atoms with E-state index in [4.69, 9.17) is 10.00 Å². The van der Waals surface area contributed by atoms with Crippen molar-refractivity contribution in [3.05, 3.63) is 61.8 Å². The Labute approximate surface area is 123 Å². The number of pyridine rings is 1. The van der Waals surface area contributed by atoms with Gasteiger partial charge < -0.3 is 4.74 Å². The van der Waals surface area contributed by atoms with Gasteiger partial charge in [0.2, 0.25) is 11.6 Å². The van der Waals surface area contributed by atoms with Crippen molar-refractivity contribution < 1.29 is 14.6 Å². The van der Waals surface area contributed by atoms with Gasteiger partial charge in [0, 0.05) is 23.8 Å². The van der Waals surface area contributed by atoms with Crippen LogP contribution < -0.4 is 4.74 Å². The summed E-state index contributed by atoms with van der Waals surface area (Å²) in [6, 6.07) is 8.06. The van der Waals surface area contributed by atoms with Crippen LogP contribution in [0.4, 0.5) is 11.4 Å². The molecule has 0 saturated heterocycles. The van der Waals surface area contributed by atoms with Crippen LogP contribution in [0.25, 0.3) is 0 Å². The maximum absolute atomic E-state index is 10.7. The van der Waals surface area contributed by atoms with Crippen LogP contribution in [0.15, 0.2) is 30.3 Å². The number of hydrogen-bond acceptors (Lipinski definition) is 7. The maximum atomic E-state index is 10.7. The average molecular weight is 300 g/mol. The molecule has 1 aromatic carbocycles. The van der Waals surface area contributed by atoms with E-state index in [2.05, 4.69) is 4.98 Å². The molecule has 0 unspecified atom stereocenters. The third-order valence-electron chi connectivity index (χ3n) is 2.74. The number of rotatable bonds is 4. The van der Waals surface area contributed by atoms with Crippen LogP contribution in [0.1, 0.15) is 11.3 Å².